The van der Waals surface area contributed by atoms with Crippen molar-refractivity contribution >= 4 is 11.0 Å². The van der Waals surface area contributed by atoms with E-state index in [1.54, 1.807) is 0 Å². The lowest BCUT2D eigenvalue weighted by molar-refractivity contribution is -0.0273. The number of hydrogen-bond donors (Lipinski definition) is 1. The van der Waals surface area contributed by atoms with Crippen molar-refractivity contribution in [3.05, 3.63) is 0 Å². The molecule has 1 rings (SSSR count). The molecule has 1 heterocycles. The number of aliphatic hydroxyl groups excluding tert-OH is 1. The summed E-state index contributed by atoms with van der Waals surface area (Å²) in [6, 6.07) is 0. The summed E-state index contributed by atoms with van der Waals surface area (Å²) in [6.45, 7) is 4.32. The zero-order valence-corrected chi connectivity index (χ0v) is 7.50. The molecule has 0 spiro atoms. The van der Waals surface area contributed by atoms with Gasteiger partial charge in [-0.1, -0.05) is 0 Å². The topological polar surface area (TPSA) is 49.8 Å². The molecular formula is C6H13NO3S. The summed E-state index contributed by atoms with van der Waals surface area (Å²) in [5.74, 6) is 0. The predicted molar refractivity (Wildman–Crippen MR) is 41.9 cm³/mol. The van der Waals surface area contributed by atoms with Gasteiger partial charge in [0.05, 0.1) is 19.3 Å². The van der Waals surface area contributed by atoms with E-state index in [1.165, 1.54) is 4.47 Å². The molecule has 0 radical (unpaired) electrons. The van der Waals surface area contributed by atoms with Crippen LogP contribution < -0.4 is 0 Å². The SMILES string of the molecule is CC(C)S(=O)N1C[C@H](O)CO1. The Labute approximate surface area is 68.7 Å². The molecule has 66 valence electrons. The van der Waals surface area contributed by atoms with Crippen molar-refractivity contribution in [3.8, 4) is 0 Å². The van der Waals surface area contributed by atoms with Crippen molar-refractivity contribution in [2.75, 3.05) is 13.2 Å². The third-order valence-corrected chi connectivity index (χ3v) is 2.84. The normalized spacial score (nSPS) is 29.6. The van der Waals surface area contributed by atoms with Crippen LogP contribution in [-0.4, -0.2) is 38.3 Å². The van der Waals surface area contributed by atoms with Gasteiger partial charge in [0.1, 0.15) is 11.0 Å². The molecule has 0 aromatic carbocycles. The van der Waals surface area contributed by atoms with Gasteiger partial charge in [-0.05, 0) is 13.8 Å². The van der Waals surface area contributed by atoms with Crippen molar-refractivity contribution in [1.29, 1.82) is 0 Å². The number of hydrogen-bond acceptors (Lipinski definition) is 3. The van der Waals surface area contributed by atoms with E-state index in [9.17, 15) is 4.21 Å². The Morgan fingerprint density at radius 2 is 2.36 bits per heavy atom. The highest BCUT2D eigenvalue weighted by Gasteiger charge is 2.27. The van der Waals surface area contributed by atoms with Gasteiger partial charge in [0.2, 0.25) is 0 Å². The fourth-order valence-electron chi connectivity index (χ4n) is 0.807. The Balaban J connectivity index is 2.43. The van der Waals surface area contributed by atoms with Gasteiger partial charge in [0, 0.05) is 5.25 Å². The van der Waals surface area contributed by atoms with Gasteiger partial charge in [-0.3, -0.25) is 4.84 Å². The number of aliphatic hydroxyl groups is 1. The molecule has 0 aliphatic carbocycles. The van der Waals surface area contributed by atoms with Crippen LogP contribution >= 0.6 is 0 Å². The number of nitrogens with zero attached hydrogens (tertiary/aromatic N) is 1. The molecule has 1 unspecified atom stereocenters. The van der Waals surface area contributed by atoms with Gasteiger partial charge in [0.25, 0.3) is 0 Å². The monoisotopic (exact) mass is 179 g/mol. The average Bonchev–Trinajstić information content (AvgIpc) is 2.34. The van der Waals surface area contributed by atoms with Crippen LogP contribution in [0.15, 0.2) is 0 Å². The second-order valence-electron chi connectivity index (χ2n) is 2.79. The molecule has 0 bridgehead atoms. The number of β-amino-alcohol motifs (C(OH)–C–C–N with tert-alkyl or cyclic N) is 1. The highest BCUT2D eigenvalue weighted by Crippen LogP contribution is 2.11. The maximum absolute atomic E-state index is 11.3. The largest absolute Gasteiger partial charge is 0.389 e. The van der Waals surface area contributed by atoms with Crippen LogP contribution in [0.5, 0.6) is 0 Å². The van der Waals surface area contributed by atoms with Gasteiger partial charge in [-0.2, -0.15) is 0 Å². The third-order valence-electron chi connectivity index (χ3n) is 1.37. The Morgan fingerprint density at radius 3 is 2.73 bits per heavy atom. The summed E-state index contributed by atoms with van der Waals surface area (Å²) in [6.07, 6.45) is -0.488. The summed E-state index contributed by atoms with van der Waals surface area (Å²) in [4.78, 5) is 4.97. The van der Waals surface area contributed by atoms with Crippen LogP contribution in [0.1, 0.15) is 13.8 Å². The number of rotatable bonds is 2. The van der Waals surface area contributed by atoms with E-state index in [1.807, 2.05) is 13.8 Å². The summed E-state index contributed by atoms with van der Waals surface area (Å²) < 4.78 is 12.6. The average molecular weight is 179 g/mol. The minimum Gasteiger partial charge on any atom is -0.389 e. The van der Waals surface area contributed by atoms with Crippen molar-refractivity contribution in [1.82, 2.24) is 4.47 Å². The minimum atomic E-state index is -1.12. The summed E-state index contributed by atoms with van der Waals surface area (Å²) in [7, 11) is -1.12. The van der Waals surface area contributed by atoms with Crippen LogP contribution in [0.2, 0.25) is 0 Å². The van der Waals surface area contributed by atoms with Gasteiger partial charge in [0.15, 0.2) is 0 Å². The highest BCUT2D eigenvalue weighted by atomic mass is 32.2. The van der Waals surface area contributed by atoms with Crippen LogP contribution in [-0.2, 0) is 15.8 Å². The lowest BCUT2D eigenvalue weighted by atomic mass is 10.4. The lowest BCUT2D eigenvalue weighted by Crippen LogP contribution is -2.28. The first kappa shape index (κ1) is 9.12. The molecule has 0 amide bonds. The van der Waals surface area contributed by atoms with Crippen molar-refractivity contribution < 1.29 is 14.2 Å². The van der Waals surface area contributed by atoms with Gasteiger partial charge >= 0.3 is 0 Å². The third kappa shape index (κ3) is 2.23. The van der Waals surface area contributed by atoms with E-state index in [-0.39, 0.29) is 11.9 Å². The van der Waals surface area contributed by atoms with Crippen LogP contribution in [0, 0.1) is 0 Å². The molecule has 11 heavy (non-hydrogen) atoms. The summed E-state index contributed by atoms with van der Waals surface area (Å²) >= 11 is 0. The summed E-state index contributed by atoms with van der Waals surface area (Å²) in [5.41, 5.74) is 0. The van der Waals surface area contributed by atoms with Gasteiger partial charge < -0.3 is 5.11 Å². The Morgan fingerprint density at radius 1 is 1.73 bits per heavy atom. The fourth-order valence-corrected chi connectivity index (χ4v) is 1.76. The van der Waals surface area contributed by atoms with E-state index in [0.29, 0.717) is 6.54 Å². The maximum atomic E-state index is 11.3. The Hall–Kier alpha value is 0.0300. The molecule has 2 atom stereocenters. The first-order chi connectivity index (χ1) is 5.11. The minimum absolute atomic E-state index is 0.0419. The molecule has 1 fully saturated rings. The van der Waals surface area contributed by atoms with Crippen molar-refractivity contribution in [3.63, 3.8) is 0 Å². The Kier molecular flexibility index (Phi) is 3.00. The smallest absolute Gasteiger partial charge is 0.121 e. The fraction of sp³-hybridized carbons (Fsp3) is 1.00. The van der Waals surface area contributed by atoms with Crippen LogP contribution in [0.25, 0.3) is 0 Å². The quantitative estimate of drug-likeness (QED) is 0.631. The van der Waals surface area contributed by atoms with Crippen molar-refractivity contribution in [2.24, 2.45) is 0 Å². The molecule has 1 aliphatic heterocycles. The van der Waals surface area contributed by atoms with Gasteiger partial charge in [-0.25, -0.2) is 4.21 Å². The number of hydroxylamine groups is 1. The van der Waals surface area contributed by atoms with E-state index in [2.05, 4.69) is 0 Å². The maximum Gasteiger partial charge on any atom is 0.121 e. The van der Waals surface area contributed by atoms with E-state index in [0.717, 1.165) is 0 Å². The predicted octanol–water partition coefficient (Wildman–Crippen LogP) is -0.333. The van der Waals surface area contributed by atoms with Crippen molar-refractivity contribution in [2.45, 2.75) is 25.2 Å². The first-order valence-electron chi connectivity index (χ1n) is 3.60. The standard InChI is InChI=1S/C6H13NO3S/c1-5(2)11(9)7-3-6(8)4-10-7/h5-6,8H,3-4H2,1-2H3/t6-,11?/m0/s1. The van der Waals surface area contributed by atoms with E-state index < -0.39 is 17.1 Å². The van der Waals surface area contributed by atoms with E-state index in [4.69, 9.17) is 9.94 Å². The van der Waals surface area contributed by atoms with Crippen LogP contribution in [0.3, 0.4) is 0 Å². The second-order valence-corrected chi connectivity index (χ2v) is 4.69. The molecule has 4 nitrogen and oxygen atoms in total. The van der Waals surface area contributed by atoms with Gasteiger partial charge in [-0.15, -0.1) is 4.47 Å². The molecule has 0 aromatic rings. The molecule has 1 saturated heterocycles. The molecular weight excluding hydrogens is 166 g/mol. The summed E-state index contributed by atoms with van der Waals surface area (Å²) in [5, 5.41) is 9.07. The molecule has 0 saturated carbocycles. The zero-order chi connectivity index (χ0) is 8.43. The molecule has 0 aromatic heterocycles. The molecule has 1 N–H and O–H groups in total. The highest BCUT2D eigenvalue weighted by molar-refractivity contribution is 7.83. The zero-order valence-electron chi connectivity index (χ0n) is 6.69. The molecule has 1 aliphatic rings. The first-order valence-corrected chi connectivity index (χ1v) is 4.77. The Bertz CT molecular complexity index is 162. The second kappa shape index (κ2) is 3.62. The van der Waals surface area contributed by atoms with E-state index >= 15 is 0 Å². The lowest BCUT2D eigenvalue weighted by Gasteiger charge is -2.14. The molecule has 5 heteroatoms. The van der Waals surface area contributed by atoms with Crippen LogP contribution in [0.4, 0.5) is 0 Å².